The second-order valence-corrected chi connectivity index (χ2v) is 3.88. The van der Waals surface area contributed by atoms with Gasteiger partial charge in [-0.05, 0) is 24.6 Å². The van der Waals surface area contributed by atoms with E-state index < -0.39 is 5.97 Å². The van der Waals surface area contributed by atoms with Crippen LogP contribution in [0.1, 0.15) is 18.4 Å². The second-order valence-electron chi connectivity index (χ2n) is 3.88. The van der Waals surface area contributed by atoms with E-state index in [0.29, 0.717) is 5.69 Å². The molecular formula is C12H11N2O3-. The Kier molecular flexibility index (Phi) is 2.91. The van der Waals surface area contributed by atoms with Crippen molar-refractivity contribution in [2.75, 3.05) is 5.01 Å². The number of hydrazone groups is 1. The Balaban J connectivity index is 2.39. The van der Waals surface area contributed by atoms with Gasteiger partial charge < -0.3 is 9.90 Å². The highest BCUT2D eigenvalue weighted by Crippen LogP contribution is 2.20. The zero-order chi connectivity index (χ0) is 12.4. The molecule has 0 bridgehead atoms. The number of hydrogen-bond acceptors (Lipinski definition) is 4. The predicted octanol–water partition coefficient (Wildman–Crippen LogP) is 0.228. The highest BCUT2D eigenvalue weighted by molar-refractivity contribution is 6.36. The molecule has 0 fully saturated rings. The first kappa shape index (κ1) is 11.3. The van der Waals surface area contributed by atoms with E-state index in [2.05, 4.69) is 5.10 Å². The summed E-state index contributed by atoms with van der Waals surface area (Å²) < 4.78 is 0. The Labute approximate surface area is 98.4 Å². The number of benzene rings is 1. The first-order chi connectivity index (χ1) is 8.08. The number of hydrogen-bond donors (Lipinski definition) is 0. The van der Waals surface area contributed by atoms with Crippen LogP contribution in [-0.4, -0.2) is 17.6 Å². The number of aliphatic carboxylic acids is 1. The lowest BCUT2D eigenvalue weighted by atomic mass is 10.1. The molecule has 1 aliphatic rings. The van der Waals surface area contributed by atoms with Crippen LogP contribution in [0.15, 0.2) is 29.4 Å². The van der Waals surface area contributed by atoms with Gasteiger partial charge in [0.2, 0.25) is 5.91 Å². The zero-order valence-electron chi connectivity index (χ0n) is 9.34. The van der Waals surface area contributed by atoms with E-state index in [1.807, 2.05) is 13.0 Å². The van der Waals surface area contributed by atoms with Gasteiger partial charge in [0, 0.05) is 12.8 Å². The molecule has 0 radical (unpaired) electrons. The highest BCUT2D eigenvalue weighted by Gasteiger charge is 2.22. The Morgan fingerprint density at radius 3 is 2.82 bits per heavy atom. The molecule has 0 unspecified atom stereocenters. The van der Waals surface area contributed by atoms with Gasteiger partial charge in [0.1, 0.15) is 0 Å². The number of carbonyl (C=O) groups excluding carboxylic acids is 2. The molecule has 1 heterocycles. The van der Waals surface area contributed by atoms with Crippen molar-refractivity contribution >= 4 is 23.3 Å². The Bertz CT molecular complexity index is 508. The van der Waals surface area contributed by atoms with E-state index in [1.165, 1.54) is 0 Å². The smallest absolute Gasteiger partial charge is 0.247 e. The fraction of sp³-hybridized carbons (Fsp3) is 0.250. The first-order valence-corrected chi connectivity index (χ1v) is 5.26. The van der Waals surface area contributed by atoms with Gasteiger partial charge in [0.15, 0.2) is 0 Å². The summed E-state index contributed by atoms with van der Waals surface area (Å²) in [5.41, 5.74) is 1.46. The summed E-state index contributed by atoms with van der Waals surface area (Å²) in [6, 6.07) is 7.17. The lowest BCUT2D eigenvalue weighted by Gasteiger charge is -2.24. The monoisotopic (exact) mass is 231 g/mol. The number of amides is 1. The van der Waals surface area contributed by atoms with Crippen LogP contribution in [0.3, 0.4) is 0 Å². The molecule has 0 saturated carbocycles. The maximum Gasteiger partial charge on any atom is 0.247 e. The van der Waals surface area contributed by atoms with E-state index in [4.69, 9.17) is 0 Å². The quantitative estimate of drug-likeness (QED) is 0.731. The van der Waals surface area contributed by atoms with Crippen molar-refractivity contribution in [3.63, 3.8) is 0 Å². The van der Waals surface area contributed by atoms with E-state index in [0.717, 1.165) is 10.6 Å². The Morgan fingerprint density at radius 2 is 2.18 bits per heavy atom. The molecular weight excluding hydrogens is 220 g/mol. The van der Waals surface area contributed by atoms with E-state index >= 15 is 0 Å². The molecule has 5 nitrogen and oxygen atoms in total. The first-order valence-electron chi connectivity index (χ1n) is 5.26. The van der Waals surface area contributed by atoms with Crippen LogP contribution in [0, 0.1) is 6.92 Å². The van der Waals surface area contributed by atoms with Crippen LogP contribution in [0.4, 0.5) is 5.69 Å². The molecule has 0 aromatic heterocycles. The minimum absolute atomic E-state index is 0.0916. The number of carbonyl (C=O) groups is 2. The van der Waals surface area contributed by atoms with Crippen molar-refractivity contribution in [1.29, 1.82) is 0 Å². The standard InChI is InChI=1S/C12H12N2O3/c1-8-3-2-4-9(7-8)14-11(15)6-5-10(13-14)12(16)17/h2-4,7H,5-6H2,1H3,(H,16,17)/p-1. The molecule has 5 heteroatoms. The van der Waals surface area contributed by atoms with Crippen molar-refractivity contribution < 1.29 is 14.7 Å². The Morgan fingerprint density at radius 1 is 1.41 bits per heavy atom. The summed E-state index contributed by atoms with van der Waals surface area (Å²) >= 11 is 0. The van der Waals surface area contributed by atoms with Gasteiger partial charge in [-0.15, -0.1) is 0 Å². The van der Waals surface area contributed by atoms with Crippen LogP contribution in [0.25, 0.3) is 0 Å². The molecule has 1 aliphatic heterocycles. The maximum atomic E-state index is 11.7. The molecule has 2 rings (SSSR count). The molecule has 1 aromatic carbocycles. The van der Waals surface area contributed by atoms with Gasteiger partial charge in [-0.25, -0.2) is 5.01 Å². The van der Waals surface area contributed by atoms with Crippen molar-refractivity contribution in [2.24, 2.45) is 5.10 Å². The zero-order valence-corrected chi connectivity index (χ0v) is 9.34. The van der Waals surface area contributed by atoms with Crippen molar-refractivity contribution in [2.45, 2.75) is 19.8 Å². The van der Waals surface area contributed by atoms with E-state index in [9.17, 15) is 14.7 Å². The minimum Gasteiger partial charge on any atom is -0.543 e. The van der Waals surface area contributed by atoms with Crippen molar-refractivity contribution in [1.82, 2.24) is 0 Å². The average Bonchev–Trinajstić information content (AvgIpc) is 2.29. The third-order valence-electron chi connectivity index (χ3n) is 2.51. The second kappa shape index (κ2) is 4.37. The highest BCUT2D eigenvalue weighted by atomic mass is 16.4. The van der Waals surface area contributed by atoms with E-state index in [-0.39, 0.29) is 24.5 Å². The van der Waals surface area contributed by atoms with Gasteiger partial charge in [-0.3, -0.25) is 4.79 Å². The van der Waals surface area contributed by atoms with Crippen LogP contribution < -0.4 is 10.1 Å². The maximum absolute atomic E-state index is 11.7. The fourth-order valence-electron chi connectivity index (χ4n) is 1.66. The van der Waals surface area contributed by atoms with Gasteiger partial charge in [0.25, 0.3) is 0 Å². The third-order valence-corrected chi connectivity index (χ3v) is 2.51. The number of nitrogens with zero attached hydrogens (tertiary/aromatic N) is 2. The van der Waals surface area contributed by atoms with Gasteiger partial charge >= 0.3 is 0 Å². The summed E-state index contributed by atoms with van der Waals surface area (Å²) in [6.07, 6.45) is 0.268. The molecule has 17 heavy (non-hydrogen) atoms. The Hall–Kier alpha value is -2.17. The fourth-order valence-corrected chi connectivity index (χ4v) is 1.66. The number of carboxylic acids is 1. The van der Waals surface area contributed by atoms with Crippen LogP contribution in [-0.2, 0) is 9.59 Å². The molecule has 0 saturated heterocycles. The van der Waals surface area contributed by atoms with Crippen molar-refractivity contribution in [3.05, 3.63) is 29.8 Å². The normalized spacial score (nSPS) is 15.7. The van der Waals surface area contributed by atoms with Crippen LogP contribution in [0.5, 0.6) is 0 Å². The van der Waals surface area contributed by atoms with Crippen LogP contribution >= 0.6 is 0 Å². The third kappa shape index (κ3) is 2.33. The summed E-state index contributed by atoms with van der Waals surface area (Å²) in [6.45, 7) is 1.89. The van der Waals surface area contributed by atoms with Gasteiger partial charge in [-0.1, -0.05) is 12.1 Å². The number of aryl methyl sites for hydroxylation is 1. The minimum atomic E-state index is -1.32. The molecule has 1 amide bonds. The topological polar surface area (TPSA) is 72.8 Å². The molecule has 0 N–H and O–H groups in total. The molecule has 0 spiro atoms. The molecule has 1 aromatic rings. The lowest BCUT2D eigenvalue weighted by Crippen LogP contribution is -2.39. The number of rotatable bonds is 2. The van der Waals surface area contributed by atoms with Gasteiger partial charge in [-0.2, -0.15) is 5.10 Å². The van der Waals surface area contributed by atoms with Crippen LogP contribution in [0.2, 0.25) is 0 Å². The number of carboxylic acid groups (broad SMARTS) is 1. The molecule has 88 valence electrons. The SMILES string of the molecule is Cc1cccc(N2N=C(C(=O)[O-])CCC2=O)c1. The molecule has 0 atom stereocenters. The summed E-state index contributed by atoms with van der Waals surface area (Å²) in [5, 5.41) is 15.7. The average molecular weight is 231 g/mol. The summed E-state index contributed by atoms with van der Waals surface area (Å²) in [7, 11) is 0. The largest absolute Gasteiger partial charge is 0.543 e. The summed E-state index contributed by atoms with van der Waals surface area (Å²) in [5.74, 6) is -1.53. The van der Waals surface area contributed by atoms with E-state index in [1.54, 1.807) is 18.2 Å². The predicted molar refractivity (Wildman–Crippen MR) is 60.3 cm³/mol. The molecule has 0 aliphatic carbocycles. The number of anilines is 1. The summed E-state index contributed by atoms with van der Waals surface area (Å²) in [4.78, 5) is 22.4. The lowest BCUT2D eigenvalue weighted by molar-refractivity contribution is -0.294. The van der Waals surface area contributed by atoms with Gasteiger partial charge in [0.05, 0.1) is 17.4 Å². The van der Waals surface area contributed by atoms with Crippen molar-refractivity contribution in [3.8, 4) is 0 Å².